The number of benzene rings is 2. The highest BCUT2D eigenvalue weighted by Crippen LogP contribution is 2.26. The lowest BCUT2D eigenvalue weighted by molar-refractivity contribution is 0.373. The Bertz CT molecular complexity index is 767. The first-order valence-electron chi connectivity index (χ1n) is 10.2. The number of hydrogen-bond acceptors (Lipinski definition) is 4. The molecular weight excluding hydrogens is 493 g/mol. The third-order valence-electron chi connectivity index (χ3n) is 4.60. The number of phenols is 1. The van der Waals surface area contributed by atoms with Crippen molar-refractivity contribution >= 4 is 29.9 Å². The van der Waals surface area contributed by atoms with Gasteiger partial charge in [-0.05, 0) is 68.0 Å². The van der Waals surface area contributed by atoms with Crippen LogP contribution in [0, 0.1) is 0 Å². The third-order valence-corrected chi connectivity index (χ3v) is 4.60. The molecular formula is C23H34IN3O3. The molecule has 2 rings (SSSR count). The van der Waals surface area contributed by atoms with Gasteiger partial charge < -0.3 is 25.2 Å². The fourth-order valence-electron chi connectivity index (χ4n) is 2.97. The summed E-state index contributed by atoms with van der Waals surface area (Å²) in [6.45, 7) is 4.43. The number of nitrogens with zero attached hydrogens (tertiary/aromatic N) is 1. The van der Waals surface area contributed by atoms with Gasteiger partial charge in [-0.25, -0.2) is 0 Å². The highest BCUT2D eigenvalue weighted by Gasteiger charge is 2.03. The summed E-state index contributed by atoms with van der Waals surface area (Å²) in [4.78, 5) is 4.66. The Morgan fingerprint density at radius 2 is 1.67 bits per heavy atom. The molecule has 0 spiro atoms. The normalized spacial score (nSPS) is 10.8. The highest BCUT2D eigenvalue weighted by atomic mass is 127. The maximum absolute atomic E-state index is 9.68. The summed E-state index contributed by atoms with van der Waals surface area (Å²) in [6, 6.07) is 13.7. The van der Waals surface area contributed by atoms with Crippen LogP contribution >= 0.6 is 24.0 Å². The summed E-state index contributed by atoms with van der Waals surface area (Å²) in [5.74, 6) is 2.39. The van der Waals surface area contributed by atoms with Gasteiger partial charge in [-0.3, -0.25) is 4.99 Å². The number of nitrogens with one attached hydrogen (secondary N) is 2. The number of ether oxygens (including phenoxy) is 2. The molecule has 0 saturated carbocycles. The minimum atomic E-state index is 0. The molecule has 0 aliphatic carbocycles. The average Bonchev–Trinajstić information content (AvgIpc) is 2.75. The number of methoxy groups -OCH3 is 2. The van der Waals surface area contributed by atoms with Crippen LogP contribution in [-0.4, -0.2) is 44.9 Å². The number of halogens is 1. The smallest absolute Gasteiger partial charge is 0.191 e. The van der Waals surface area contributed by atoms with E-state index >= 15 is 0 Å². The zero-order chi connectivity index (χ0) is 20.9. The summed E-state index contributed by atoms with van der Waals surface area (Å²) in [7, 11) is 3.24. The molecule has 0 heterocycles. The van der Waals surface area contributed by atoms with Crippen molar-refractivity contribution in [1.29, 1.82) is 0 Å². The monoisotopic (exact) mass is 527 g/mol. The second-order valence-corrected chi connectivity index (χ2v) is 6.75. The van der Waals surface area contributed by atoms with Crippen molar-refractivity contribution < 1.29 is 14.6 Å². The van der Waals surface area contributed by atoms with Crippen molar-refractivity contribution in [3.05, 3.63) is 53.6 Å². The molecule has 0 radical (unpaired) electrons. The van der Waals surface area contributed by atoms with Crippen LogP contribution in [0.2, 0.25) is 0 Å². The van der Waals surface area contributed by atoms with E-state index in [4.69, 9.17) is 9.47 Å². The van der Waals surface area contributed by atoms with Gasteiger partial charge in [-0.15, -0.1) is 24.0 Å². The summed E-state index contributed by atoms with van der Waals surface area (Å²) in [5, 5.41) is 16.3. The van der Waals surface area contributed by atoms with Gasteiger partial charge in [0.2, 0.25) is 0 Å². The molecule has 0 aromatic heterocycles. The molecule has 0 fully saturated rings. The molecule has 0 aliphatic heterocycles. The molecule has 30 heavy (non-hydrogen) atoms. The van der Waals surface area contributed by atoms with Crippen molar-refractivity contribution in [1.82, 2.24) is 10.6 Å². The van der Waals surface area contributed by atoms with Crippen LogP contribution in [-0.2, 0) is 12.8 Å². The van der Waals surface area contributed by atoms with Crippen LogP contribution in [0.15, 0.2) is 47.5 Å². The molecule has 0 bridgehead atoms. The number of hydrogen-bond donors (Lipinski definition) is 3. The van der Waals surface area contributed by atoms with E-state index in [1.807, 2.05) is 24.3 Å². The average molecular weight is 527 g/mol. The fraction of sp³-hybridized carbons (Fsp3) is 0.435. The Morgan fingerprint density at radius 3 is 2.33 bits per heavy atom. The number of aliphatic imine (C=N–C) groups is 1. The largest absolute Gasteiger partial charge is 0.504 e. The molecule has 2 aromatic carbocycles. The van der Waals surface area contributed by atoms with Gasteiger partial charge in [-0.1, -0.05) is 18.2 Å². The van der Waals surface area contributed by atoms with E-state index in [2.05, 4.69) is 34.7 Å². The quantitative estimate of drug-likeness (QED) is 0.177. The van der Waals surface area contributed by atoms with Crippen molar-refractivity contribution in [2.75, 3.05) is 33.9 Å². The van der Waals surface area contributed by atoms with E-state index < -0.39 is 0 Å². The molecule has 6 nitrogen and oxygen atoms in total. The Labute approximate surface area is 197 Å². The number of phenolic OH excluding ortho intramolecular Hbond substituents is 1. The number of aromatic hydroxyl groups is 1. The number of rotatable bonds is 11. The van der Waals surface area contributed by atoms with E-state index in [0.29, 0.717) is 5.75 Å². The predicted octanol–water partition coefficient (Wildman–Crippen LogP) is 4.15. The van der Waals surface area contributed by atoms with Gasteiger partial charge in [-0.2, -0.15) is 0 Å². The fourth-order valence-corrected chi connectivity index (χ4v) is 2.97. The van der Waals surface area contributed by atoms with E-state index in [-0.39, 0.29) is 29.7 Å². The minimum absolute atomic E-state index is 0. The minimum Gasteiger partial charge on any atom is -0.504 e. The van der Waals surface area contributed by atoms with Crippen LogP contribution in [0.4, 0.5) is 0 Å². The van der Waals surface area contributed by atoms with E-state index in [0.717, 1.165) is 62.6 Å². The molecule has 166 valence electrons. The molecule has 2 aromatic rings. The molecule has 0 unspecified atom stereocenters. The number of unbranched alkanes of at least 4 members (excludes halogenated alkanes) is 1. The number of guanidine groups is 1. The van der Waals surface area contributed by atoms with Gasteiger partial charge >= 0.3 is 0 Å². The van der Waals surface area contributed by atoms with Crippen LogP contribution in [0.25, 0.3) is 0 Å². The van der Waals surface area contributed by atoms with Crippen LogP contribution < -0.4 is 20.1 Å². The summed E-state index contributed by atoms with van der Waals surface area (Å²) in [6.07, 6.45) is 4.00. The first kappa shape index (κ1) is 25.9. The van der Waals surface area contributed by atoms with Gasteiger partial charge in [0, 0.05) is 19.6 Å². The van der Waals surface area contributed by atoms with Crippen LogP contribution in [0.3, 0.4) is 0 Å². The van der Waals surface area contributed by atoms with Crippen LogP contribution in [0.5, 0.6) is 17.2 Å². The van der Waals surface area contributed by atoms with Crippen molar-refractivity contribution in [3.8, 4) is 17.2 Å². The van der Waals surface area contributed by atoms with Crippen molar-refractivity contribution in [2.45, 2.75) is 32.6 Å². The van der Waals surface area contributed by atoms with Crippen molar-refractivity contribution in [2.24, 2.45) is 4.99 Å². The first-order valence-corrected chi connectivity index (χ1v) is 10.2. The zero-order valence-corrected chi connectivity index (χ0v) is 20.4. The summed E-state index contributed by atoms with van der Waals surface area (Å²) >= 11 is 0. The number of aryl methyl sites for hydroxylation is 1. The maximum Gasteiger partial charge on any atom is 0.191 e. The Balaban J connectivity index is 0.00000450. The van der Waals surface area contributed by atoms with E-state index in [1.165, 1.54) is 5.56 Å². The summed E-state index contributed by atoms with van der Waals surface area (Å²) < 4.78 is 10.3. The predicted molar refractivity (Wildman–Crippen MR) is 134 cm³/mol. The zero-order valence-electron chi connectivity index (χ0n) is 18.1. The topological polar surface area (TPSA) is 75.1 Å². The SMILES string of the molecule is CCNC(=NCCCCc1ccc(OC)cc1)NCCc1ccc(O)c(OC)c1.I. The lowest BCUT2D eigenvalue weighted by Crippen LogP contribution is -2.38. The van der Waals surface area contributed by atoms with Gasteiger partial charge in [0.05, 0.1) is 14.2 Å². The first-order chi connectivity index (χ1) is 14.2. The Hall–Kier alpha value is -2.16. The second-order valence-electron chi connectivity index (χ2n) is 6.75. The third kappa shape index (κ3) is 9.11. The maximum atomic E-state index is 9.68. The molecule has 7 heteroatoms. The molecule has 0 aliphatic rings. The molecule has 0 saturated heterocycles. The van der Waals surface area contributed by atoms with Gasteiger partial charge in [0.15, 0.2) is 17.5 Å². The lowest BCUT2D eigenvalue weighted by atomic mass is 10.1. The Morgan fingerprint density at radius 1 is 0.933 bits per heavy atom. The van der Waals surface area contributed by atoms with Gasteiger partial charge in [0.1, 0.15) is 5.75 Å². The molecule has 0 atom stereocenters. The lowest BCUT2D eigenvalue weighted by Gasteiger charge is -2.12. The summed E-state index contributed by atoms with van der Waals surface area (Å²) in [5.41, 5.74) is 2.42. The Kier molecular flexibility index (Phi) is 12.7. The standard InChI is InChI=1S/C23H33N3O3.HI/c1-4-24-23(26-16-14-19-10-13-21(27)22(17-19)29-3)25-15-6-5-7-18-8-11-20(28-2)12-9-18;/h8-13,17,27H,4-7,14-16H2,1-3H3,(H2,24,25,26);1H. The van der Waals surface area contributed by atoms with Crippen molar-refractivity contribution in [3.63, 3.8) is 0 Å². The highest BCUT2D eigenvalue weighted by molar-refractivity contribution is 14.0. The van der Waals surface area contributed by atoms with E-state index in [9.17, 15) is 5.11 Å². The van der Waals surface area contributed by atoms with Gasteiger partial charge in [0.25, 0.3) is 0 Å². The van der Waals surface area contributed by atoms with E-state index in [1.54, 1.807) is 20.3 Å². The second kappa shape index (κ2) is 14.8. The van der Waals surface area contributed by atoms with Crippen LogP contribution in [0.1, 0.15) is 30.9 Å². The molecule has 0 amide bonds. The molecule has 3 N–H and O–H groups in total.